The van der Waals surface area contributed by atoms with Crippen LogP contribution in [0.4, 0.5) is 17.6 Å². The second-order valence-corrected chi connectivity index (χ2v) is 5.65. The zero-order chi connectivity index (χ0) is 18.5. The van der Waals surface area contributed by atoms with E-state index in [2.05, 4.69) is 30.6 Å². The Kier molecular flexibility index (Phi) is 4.60. The number of nitrogens with one attached hydrogen (secondary N) is 2. The lowest BCUT2D eigenvalue weighted by atomic mass is 10.2. The van der Waals surface area contributed by atoms with Crippen molar-refractivity contribution in [3.8, 4) is 17.1 Å². The molecular formula is C19H16N6O2. The minimum Gasteiger partial charge on any atom is -0.508 e. The highest BCUT2D eigenvalue weighted by atomic mass is 16.3. The first kappa shape index (κ1) is 16.5. The summed E-state index contributed by atoms with van der Waals surface area (Å²) < 4.78 is 5.33. The first-order chi connectivity index (χ1) is 13.3. The van der Waals surface area contributed by atoms with Crippen LogP contribution in [0.2, 0.25) is 0 Å². The topological polar surface area (TPSA) is 109 Å². The third-order valence-electron chi connectivity index (χ3n) is 3.70. The van der Waals surface area contributed by atoms with Crippen LogP contribution < -0.4 is 10.6 Å². The molecule has 4 aromatic rings. The molecule has 0 saturated heterocycles. The molecule has 0 radical (unpaired) electrons. The summed E-state index contributed by atoms with van der Waals surface area (Å²) in [6.45, 7) is 0.450. The summed E-state index contributed by atoms with van der Waals surface area (Å²) in [4.78, 5) is 17.4. The highest BCUT2D eigenvalue weighted by Gasteiger charge is 2.09. The molecule has 3 heterocycles. The minimum absolute atomic E-state index is 0.189. The van der Waals surface area contributed by atoms with Gasteiger partial charge in [-0.2, -0.15) is 15.0 Å². The predicted molar refractivity (Wildman–Crippen MR) is 100 cm³/mol. The van der Waals surface area contributed by atoms with E-state index >= 15 is 0 Å². The van der Waals surface area contributed by atoms with E-state index in [1.807, 2.05) is 24.3 Å². The van der Waals surface area contributed by atoms with Gasteiger partial charge in [0.15, 0.2) is 5.82 Å². The van der Waals surface area contributed by atoms with Crippen LogP contribution in [0, 0.1) is 0 Å². The number of aromatic nitrogens is 4. The van der Waals surface area contributed by atoms with Crippen molar-refractivity contribution in [2.24, 2.45) is 0 Å². The van der Waals surface area contributed by atoms with Gasteiger partial charge in [0.05, 0.1) is 12.8 Å². The van der Waals surface area contributed by atoms with Crippen LogP contribution in [-0.4, -0.2) is 25.0 Å². The Morgan fingerprint density at radius 2 is 1.67 bits per heavy atom. The van der Waals surface area contributed by atoms with Gasteiger partial charge in [0.25, 0.3) is 0 Å². The number of anilines is 3. The lowest BCUT2D eigenvalue weighted by Crippen LogP contribution is -2.08. The highest BCUT2D eigenvalue weighted by molar-refractivity contribution is 5.61. The Morgan fingerprint density at radius 1 is 0.889 bits per heavy atom. The van der Waals surface area contributed by atoms with Crippen LogP contribution in [0.5, 0.6) is 5.75 Å². The summed E-state index contributed by atoms with van der Waals surface area (Å²) >= 11 is 0. The largest absolute Gasteiger partial charge is 0.508 e. The number of pyridine rings is 1. The molecule has 0 fully saturated rings. The van der Waals surface area contributed by atoms with Gasteiger partial charge in [-0.3, -0.25) is 4.98 Å². The Labute approximate surface area is 155 Å². The second kappa shape index (κ2) is 7.52. The second-order valence-electron chi connectivity index (χ2n) is 5.65. The third-order valence-corrected chi connectivity index (χ3v) is 3.70. The van der Waals surface area contributed by atoms with Crippen LogP contribution in [0.15, 0.2) is 71.6 Å². The van der Waals surface area contributed by atoms with E-state index in [0.717, 1.165) is 17.0 Å². The maximum absolute atomic E-state index is 9.43. The normalized spacial score (nSPS) is 10.5. The number of benzene rings is 1. The molecule has 8 nitrogen and oxygen atoms in total. The average molecular weight is 360 g/mol. The van der Waals surface area contributed by atoms with E-state index < -0.39 is 0 Å². The molecule has 0 aliphatic rings. The minimum atomic E-state index is 0.189. The standard InChI is InChI=1S/C19H16N6O2/c26-15-5-3-14(4-6-15)22-19-24-17(13-7-9-20-10-8-13)23-18(25-19)21-12-16-2-1-11-27-16/h1-11,26H,12H2,(H2,21,22,23,24,25). The van der Waals surface area contributed by atoms with Gasteiger partial charge in [-0.25, -0.2) is 0 Å². The zero-order valence-electron chi connectivity index (χ0n) is 14.2. The van der Waals surface area contributed by atoms with Gasteiger partial charge in [-0.15, -0.1) is 0 Å². The smallest absolute Gasteiger partial charge is 0.232 e. The summed E-state index contributed by atoms with van der Waals surface area (Å²) in [5.41, 5.74) is 1.57. The average Bonchev–Trinajstić information content (AvgIpc) is 3.22. The van der Waals surface area contributed by atoms with Crippen molar-refractivity contribution in [1.29, 1.82) is 0 Å². The van der Waals surface area contributed by atoms with Crippen LogP contribution in [-0.2, 0) is 6.54 Å². The lowest BCUT2D eigenvalue weighted by molar-refractivity contribution is 0.475. The van der Waals surface area contributed by atoms with E-state index in [4.69, 9.17) is 4.42 Å². The summed E-state index contributed by atoms with van der Waals surface area (Å²) in [6.07, 6.45) is 4.98. The Balaban J connectivity index is 1.64. The number of hydrogen-bond acceptors (Lipinski definition) is 8. The van der Waals surface area contributed by atoms with Crippen molar-refractivity contribution >= 4 is 17.6 Å². The first-order valence-electron chi connectivity index (χ1n) is 8.25. The molecular weight excluding hydrogens is 344 g/mol. The molecule has 134 valence electrons. The molecule has 27 heavy (non-hydrogen) atoms. The van der Waals surface area contributed by atoms with Crippen molar-refractivity contribution in [3.63, 3.8) is 0 Å². The SMILES string of the molecule is Oc1ccc(Nc2nc(NCc3ccco3)nc(-c3ccncc3)n2)cc1. The molecule has 0 aliphatic heterocycles. The number of phenols is 1. The number of phenolic OH excluding ortho intramolecular Hbond substituents is 1. The quantitative estimate of drug-likeness (QED) is 0.448. The van der Waals surface area contributed by atoms with E-state index in [9.17, 15) is 5.11 Å². The van der Waals surface area contributed by atoms with Crippen LogP contribution in [0.25, 0.3) is 11.4 Å². The van der Waals surface area contributed by atoms with Crippen molar-refractivity contribution < 1.29 is 9.52 Å². The van der Waals surface area contributed by atoms with Crippen molar-refractivity contribution in [2.45, 2.75) is 6.54 Å². The molecule has 0 spiro atoms. The fourth-order valence-electron chi connectivity index (χ4n) is 2.39. The van der Waals surface area contributed by atoms with E-state index in [0.29, 0.717) is 24.3 Å². The van der Waals surface area contributed by atoms with Crippen LogP contribution >= 0.6 is 0 Å². The number of aromatic hydroxyl groups is 1. The monoisotopic (exact) mass is 360 g/mol. The molecule has 0 atom stereocenters. The predicted octanol–water partition coefficient (Wildman–Crippen LogP) is 3.59. The van der Waals surface area contributed by atoms with Gasteiger partial charge in [0, 0.05) is 23.6 Å². The van der Waals surface area contributed by atoms with E-state index in [1.54, 1.807) is 42.9 Å². The highest BCUT2D eigenvalue weighted by Crippen LogP contribution is 2.21. The molecule has 3 N–H and O–H groups in total. The molecule has 8 heteroatoms. The molecule has 0 unspecified atom stereocenters. The number of hydrogen-bond donors (Lipinski definition) is 3. The number of nitrogens with zero attached hydrogens (tertiary/aromatic N) is 4. The van der Waals surface area contributed by atoms with Gasteiger partial charge >= 0.3 is 0 Å². The van der Waals surface area contributed by atoms with Gasteiger partial charge in [0.2, 0.25) is 11.9 Å². The first-order valence-corrected chi connectivity index (χ1v) is 8.25. The summed E-state index contributed by atoms with van der Waals surface area (Å²) in [6, 6.07) is 14.0. The number of furan rings is 1. The van der Waals surface area contributed by atoms with E-state index in [-0.39, 0.29) is 5.75 Å². The van der Waals surface area contributed by atoms with Gasteiger partial charge in [-0.1, -0.05) is 0 Å². The number of rotatable bonds is 6. The molecule has 0 amide bonds. The summed E-state index contributed by atoms with van der Waals surface area (Å²) in [5.74, 6) is 2.26. The van der Waals surface area contributed by atoms with Gasteiger partial charge in [-0.05, 0) is 48.5 Å². The van der Waals surface area contributed by atoms with Crippen molar-refractivity contribution in [2.75, 3.05) is 10.6 Å². The molecule has 0 saturated carbocycles. The Hall–Kier alpha value is -3.94. The zero-order valence-corrected chi connectivity index (χ0v) is 14.2. The fourth-order valence-corrected chi connectivity index (χ4v) is 2.39. The Morgan fingerprint density at radius 3 is 2.41 bits per heavy atom. The van der Waals surface area contributed by atoms with Crippen molar-refractivity contribution in [1.82, 2.24) is 19.9 Å². The fraction of sp³-hybridized carbons (Fsp3) is 0.0526. The summed E-state index contributed by atoms with van der Waals surface area (Å²) in [7, 11) is 0. The molecule has 0 aliphatic carbocycles. The van der Waals surface area contributed by atoms with Crippen LogP contribution in [0.3, 0.4) is 0 Å². The summed E-state index contributed by atoms with van der Waals surface area (Å²) in [5, 5.41) is 15.7. The molecule has 0 bridgehead atoms. The molecule has 4 rings (SSSR count). The maximum atomic E-state index is 9.43. The maximum Gasteiger partial charge on any atom is 0.232 e. The van der Waals surface area contributed by atoms with Crippen molar-refractivity contribution in [3.05, 3.63) is 72.9 Å². The molecule has 3 aromatic heterocycles. The van der Waals surface area contributed by atoms with E-state index in [1.165, 1.54) is 0 Å². The van der Waals surface area contributed by atoms with Gasteiger partial charge < -0.3 is 20.2 Å². The Bertz CT molecular complexity index is 1000. The third kappa shape index (κ3) is 4.18. The van der Waals surface area contributed by atoms with Gasteiger partial charge in [0.1, 0.15) is 11.5 Å². The lowest BCUT2D eigenvalue weighted by Gasteiger charge is -2.10. The van der Waals surface area contributed by atoms with Crippen LogP contribution in [0.1, 0.15) is 5.76 Å². The molecule has 1 aromatic carbocycles.